The van der Waals surface area contributed by atoms with Crippen molar-refractivity contribution in [1.29, 1.82) is 0 Å². The molecule has 1 aromatic carbocycles. The number of nitrogens with one attached hydrogen (secondary N) is 2. The third kappa shape index (κ3) is 9.03. The molecule has 4 amide bonds. The molecule has 1 aliphatic rings. The molecular formula is C31H36N4O13. The fourth-order valence-electron chi connectivity index (χ4n) is 5.34. The van der Waals surface area contributed by atoms with E-state index in [0.717, 1.165) is 18.9 Å². The van der Waals surface area contributed by atoms with Crippen LogP contribution in [-0.4, -0.2) is 92.2 Å². The number of amides is 4. The molecule has 0 bridgehead atoms. The number of ether oxygens (including phenoxy) is 1. The molecule has 0 saturated heterocycles. The van der Waals surface area contributed by atoms with Crippen molar-refractivity contribution in [2.24, 2.45) is 16.8 Å². The number of nitrogens with zero attached hydrogens (tertiary/aromatic N) is 2. The molecule has 1 heterocycles. The van der Waals surface area contributed by atoms with E-state index in [9.17, 15) is 43.9 Å². The molecule has 1 aromatic heterocycles. The van der Waals surface area contributed by atoms with Gasteiger partial charge in [0.15, 0.2) is 12.4 Å². The van der Waals surface area contributed by atoms with Crippen LogP contribution in [0.25, 0.3) is 11.3 Å². The molecule has 6 N–H and O–H groups in total. The number of carboxylic acid groups (broad SMARTS) is 3. The van der Waals surface area contributed by atoms with Crippen LogP contribution in [0.15, 0.2) is 39.7 Å². The van der Waals surface area contributed by atoms with Crippen LogP contribution >= 0.6 is 0 Å². The lowest BCUT2D eigenvalue weighted by atomic mass is 9.88. The summed E-state index contributed by atoms with van der Waals surface area (Å²) in [4.78, 5) is 86.8. The Hall–Kier alpha value is -5.58. The van der Waals surface area contributed by atoms with Gasteiger partial charge in [-0.1, -0.05) is 39.2 Å². The Morgan fingerprint density at radius 2 is 1.79 bits per heavy atom. The molecule has 1 aliphatic carbocycles. The van der Waals surface area contributed by atoms with E-state index in [1.165, 1.54) is 24.3 Å². The number of hydrogen-bond donors (Lipinski definition) is 6. The number of hydroxylamine groups is 2. The highest BCUT2D eigenvalue weighted by Gasteiger charge is 2.62. The summed E-state index contributed by atoms with van der Waals surface area (Å²) in [5.74, 6) is -8.25. The summed E-state index contributed by atoms with van der Waals surface area (Å²) in [6.07, 6.45) is 2.60. The summed E-state index contributed by atoms with van der Waals surface area (Å²) in [6.45, 7) is 2.66. The van der Waals surface area contributed by atoms with Crippen molar-refractivity contribution in [3.63, 3.8) is 0 Å². The minimum atomic E-state index is -1.74. The van der Waals surface area contributed by atoms with Gasteiger partial charge in [0.05, 0.1) is 30.1 Å². The lowest BCUT2D eigenvalue weighted by molar-refractivity contribution is -0.175. The second-order valence-electron chi connectivity index (χ2n) is 11.1. The van der Waals surface area contributed by atoms with E-state index in [1.807, 2.05) is 13.8 Å². The summed E-state index contributed by atoms with van der Waals surface area (Å²) >= 11 is 0. The number of aliphatic carboxylic acids is 3. The zero-order valence-electron chi connectivity index (χ0n) is 26.1. The molecule has 2 unspecified atom stereocenters. The number of carboxylic acids is 3. The predicted molar refractivity (Wildman–Crippen MR) is 163 cm³/mol. The Balaban J connectivity index is 1.74. The van der Waals surface area contributed by atoms with Crippen LogP contribution < -0.4 is 15.4 Å². The van der Waals surface area contributed by atoms with Gasteiger partial charge in [-0.05, 0) is 43.0 Å². The molecule has 2 aromatic rings. The molecule has 1 fully saturated rings. The Morgan fingerprint density at radius 3 is 2.38 bits per heavy atom. The molecule has 3 rings (SSSR count). The highest BCUT2D eigenvalue weighted by atomic mass is 16.5. The monoisotopic (exact) mass is 672 g/mol. The maximum atomic E-state index is 13.2. The second-order valence-corrected chi connectivity index (χ2v) is 11.1. The number of furan rings is 1. The van der Waals surface area contributed by atoms with Crippen molar-refractivity contribution >= 4 is 47.8 Å². The molecule has 258 valence electrons. The van der Waals surface area contributed by atoms with Gasteiger partial charge >= 0.3 is 17.9 Å². The van der Waals surface area contributed by atoms with E-state index in [2.05, 4.69) is 15.6 Å². The first kappa shape index (κ1) is 36.9. The largest absolute Gasteiger partial charge is 0.481 e. The van der Waals surface area contributed by atoms with Crippen molar-refractivity contribution in [3.8, 4) is 17.1 Å². The Morgan fingerprint density at radius 1 is 1.08 bits per heavy atom. The number of carbonyl (C=O) groups is 7. The smallest absolute Gasteiger partial charge is 0.350 e. The van der Waals surface area contributed by atoms with Gasteiger partial charge < -0.3 is 35.1 Å². The van der Waals surface area contributed by atoms with Crippen LogP contribution in [0.2, 0.25) is 0 Å². The molecular weight excluding hydrogens is 636 g/mol. The first-order valence-electron chi connectivity index (χ1n) is 14.9. The van der Waals surface area contributed by atoms with Crippen molar-refractivity contribution in [2.75, 3.05) is 13.3 Å². The summed E-state index contributed by atoms with van der Waals surface area (Å²) in [7, 11) is 0. The van der Waals surface area contributed by atoms with E-state index >= 15 is 0 Å². The van der Waals surface area contributed by atoms with Crippen molar-refractivity contribution in [2.45, 2.75) is 57.9 Å². The standard InChI is InChI=1S/C31H36N4O13/c1-3-4-5-6-20(31(13-17(31)2)35(46)16-36)28(42)32-15-33-29(43)23-10-9-22(48-23)18-7-8-19(24(11-18)47-14-26(39)40)27(41)34-21(30(44)45)12-25(37)38/h7-11,16-17,20,46H,3-6,12-15H2,1-2H3,(H,32,42)(H,33,43)(H,37,38)(H,39,40)(H,44,45)/t17?,20-,31?/m0/s1. The van der Waals surface area contributed by atoms with Gasteiger partial charge in [0, 0.05) is 5.56 Å². The lowest BCUT2D eigenvalue weighted by Gasteiger charge is -2.31. The SMILES string of the molecule is CCCCC[C@@H](C(=O)NCNC(=O)c1ccc(-c2ccc(C(=O)N=C(CC(=O)O)C(=O)O)c(OCC(=O)O)c2)o1)C1(N(O)C=O)CC1C. The van der Waals surface area contributed by atoms with Crippen LogP contribution in [0.3, 0.4) is 0 Å². The lowest BCUT2D eigenvalue weighted by Crippen LogP contribution is -2.50. The van der Waals surface area contributed by atoms with Gasteiger partial charge in [0.2, 0.25) is 12.3 Å². The number of benzene rings is 1. The summed E-state index contributed by atoms with van der Waals surface area (Å²) in [5.41, 5.74) is -2.12. The van der Waals surface area contributed by atoms with Crippen LogP contribution in [0.5, 0.6) is 5.75 Å². The van der Waals surface area contributed by atoms with Crippen LogP contribution in [-0.2, 0) is 24.0 Å². The highest BCUT2D eigenvalue weighted by Crippen LogP contribution is 2.54. The first-order chi connectivity index (χ1) is 22.7. The zero-order chi connectivity index (χ0) is 35.6. The van der Waals surface area contributed by atoms with Gasteiger partial charge in [0.25, 0.3) is 11.8 Å². The molecule has 48 heavy (non-hydrogen) atoms. The number of unbranched alkanes of at least 4 members (excludes halogenated alkanes) is 2. The van der Waals surface area contributed by atoms with E-state index < -0.39 is 65.8 Å². The van der Waals surface area contributed by atoms with E-state index in [0.29, 0.717) is 24.3 Å². The third-order valence-corrected chi connectivity index (χ3v) is 7.86. The molecule has 17 nitrogen and oxygen atoms in total. The topological polar surface area (TPSA) is 262 Å². The molecule has 0 radical (unpaired) electrons. The van der Waals surface area contributed by atoms with Gasteiger partial charge in [-0.2, -0.15) is 0 Å². The van der Waals surface area contributed by atoms with Crippen molar-refractivity contribution < 1.29 is 63.2 Å². The summed E-state index contributed by atoms with van der Waals surface area (Å²) < 4.78 is 10.8. The third-order valence-electron chi connectivity index (χ3n) is 7.86. The number of aliphatic imine (C=N–C) groups is 1. The maximum absolute atomic E-state index is 13.2. The fraction of sp³-hybridized carbons (Fsp3) is 0.419. The Labute approximate surface area is 273 Å². The Bertz CT molecular complexity index is 1600. The van der Waals surface area contributed by atoms with Crippen molar-refractivity contribution in [1.82, 2.24) is 15.7 Å². The van der Waals surface area contributed by atoms with Crippen LogP contribution in [0.4, 0.5) is 0 Å². The fourth-order valence-corrected chi connectivity index (χ4v) is 5.34. The average molecular weight is 673 g/mol. The molecule has 3 atom stereocenters. The van der Waals surface area contributed by atoms with E-state index in [1.54, 1.807) is 0 Å². The van der Waals surface area contributed by atoms with Gasteiger partial charge in [0.1, 0.15) is 17.2 Å². The zero-order valence-corrected chi connectivity index (χ0v) is 26.1. The van der Waals surface area contributed by atoms with Crippen LogP contribution in [0.1, 0.15) is 73.3 Å². The normalized spacial score (nSPS) is 17.5. The summed E-state index contributed by atoms with van der Waals surface area (Å²) in [5, 5.41) is 43.1. The molecule has 1 saturated carbocycles. The second kappa shape index (κ2) is 16.3. The predicted octanol–water partition coefficient (Wildman–Crippen LogP) is 2.18. The van der Waals surface area contributed by atoms with E-state index in [4.69, 9.17) is 19.4 Å². The first-order valence-corrected chi connectivity index (χ1v) is 14.9. The molecule has 0 aliphatic heterocycles. The molecule has 0 spiro atoms. The van der Waals surface area contributed by atoms with Crippen molar-refractivity contribution in [3.05, 3.63) is 41.7 Å². The maximum Gasteiger partial charge on any atom is 0.350 e. The van der Waals surface area contributed by atoms with Gasteiger partial charge in [-0.3, -0.25) is 29.2 Å². The number of carbonyl (C=O) groups excluding carboxylic acids is 4. The van der Waals surface area contributed by atoms with Gasteiger partial charge in [-0.15, -0.1) is 0 Å². The number of hydrogen-bond acceptors (Lipinski definition) is 10. The van der Waals surface area contributed by atoms with Gasteiger partial charge in [-0.25, -0.2) is 19.6 Å². The minimum Gasteiger partial charge on any atom is -0.481 e. The molecule has 17 heteroatoms. The van der Waals surface area contributed by atoms with Crippen LogP contribution in [0, 0.1) is 11.8 Å². The summed E-state index contributed by atoms with van der Waals surface area (Å²) in [6, 6.07) is 6.38. The minimum absolute atomic E-state index is 0.0847. The highest BCUT2D eigenvalue weighted by molar-refractivity contribution is 6.40. The number of rotatable bonds is 19. The van der Waals surface area contributed by atoms with E-state index in [-0.39, 0.29) is 47.4 Å². The quantitative estimate of drug-likeness (QED) is 0.0312. The Kier molecular flexibility index (Phi) is 12.5. The average Bonchev–Trinajstić information content (AvgIpc) is 3.46.